The molecular weight excluding hydrogens is 345 g/mol. The highest BCUT2D eigenvalue weighted by atomic mass is 19.4. The number of hydrogen-bond acceptors (Lipinski definition) is 5. The largest absolute Gasteiger partial charge is 0.460 e. The van der Waals surface area contributed by atoms with Crippen molar-refractivity contribution in [2.24, 2.45) is 10.7 Å². The van der Waals surface area contributed by atoms with Crippen molar-refractivity contribution >= 4 is 6.02 Å². The summed E-state index contributed by atoms with van der Waals surface area (Å²) < 4.78 is 43.6. The van der Waals surface area contributed by atoms with E-state index >= 15 is 0 Å². The highest BCUT2D eigenvalue weighted by molar-refractivity contribution is 5.75. The topological polar surface area (TPSA) is 73.4 Å². The molecule has 1 spiro atoms. The zero-order valence-corrected chi connectivity index (χ0v) is 14.0. The highest BCUT2D eigenvalue weighted by Gasteiger charge is 2.45. The van der Waals surface area contributed by atoms with Gasteiger partial charge in [-0.2, -0.15) is 13.2 Å². The first-order valence-electron chi connectivity index (χ1n) is 8.31. The monoisotopic (exact) mass is 362 g/mol. The summed E-state index contributed by atoms with van der Waals surface area (Å²) in [6.07, 6.45) is -0.0108. The SMILES string of the molecule is C[C@H]1OC(N)=N[C@]12CCc1c(cccc1-c1cnc(C(F)(F)F)nc1)C2. The van der Waals surface area contributed by atoms with Gasteiger partial charge in [-0.15, -0.1) is 0 Å². The van der Waals surface area contributed by atoms with E-state index in [-0.39, 0.29) is 17.7 Å². The lowest BCUT2D eigenvalue weighted by Gasteiger charge is -2.35. The molecule has 26 heavy (non-hydrogen) atoms. The minimum absolute atomic E-state index is 0.103. The lowest BCUT2D eigenvalue weighted by Crippen LogP contribution is -2.41. The standard InChI is InChI=1S/C18H17F3N4O/c1-10-17(25-16(22)26-10)6-5-14-11(7-17)3-2-4-13(14)12-8-23-15(24-9-12)18(19,20)21/h2-4,8-10H,5-7H2,1H3,(H2,22,25)/t10-,17+/m1/s1. The maximum absolute atomic E-state index is 12.7. The first-order valence-corrected chi connectivity index (χ1v) is 8.31. The summed E-state index contributed by atoms with van der Waals surface area (Å²) in [5.74, 6) is -1.13. The average molecular weight is 362 g/mol. The summed E-state index contributed by atoms with van der Waals surface area (Å²) in [5.41, 5.74) is 8.99. The van der Waals surface area contributed by atoms with Gasteiger partial charge in [0, 0.05) is 24.4 Å². The Morgan fingerprint density at radius 2 is 1.96 bits per heavy atom. The van der Waals surface area contributed by atoms with Gasteiger partial charge in [-0.1, -0.05) is 18.2 Å². The maximum atomic E-state index is 12.7. The molecule has 0 fully saturated rings. The molecule has 4 rings (SSSR count). The molecule has 2 atom stereocenters. The predicted octanol–water partition coefficient (Wildman–Crippen LogP) is 3.12. The molecule has 0 bridgehead atoms. The molecule has 1 aliphatic carbocycles. The Bertz CT molecular complexity index is 879. The van der Waals surface area contributed by atoms with Crippen molar-refractivity contribution in [3.8, 4) is 11.1 Å². The van der Waals surface area contributed by atoms with Crippen molar-refractivity contribution in [1.29, 1.82) is 0 Å². The minimum atomic E-state index is -4.54. The minimum Gasteiger partial charge on any atom is -0.460 e. The average Bonchev–Trinajstić information content (AvgIpc) is 2.86. The lowest BCUT2D eigenvalue weighted by atomic mass is 9.74. The molecule has 0 radical (unpaired) electrons. The van der Waals surface area contributed by atoms with Gasteiger partial charge in [-0.3, -0.25) is 0 Å². The first-order chi connectivity index (χ1) is 12.3. The van der Waals surface area contributed by atoms with Gasteiger partial charge in [0.25, 0.3) is 6.02 Å². The Kier molecular flexibility index (Phi) is 3.68. The fraction of sp³-hybridized carbons (Fsp3) is 0.389. The van der Waals surface area contributed by atoms with Gasteiger partial charge in [0.05, 0.1) is 0 Å². The maximum Gasteiger partial charge on any atom is 0.451 e. The quantitative estimate of drug-likeness (QED) is 0.846. The molecule has 0 saturated carbocycles. The number of nitrogens with two attached hydrogens (primary N) is 1. The van der Waals surface area contributed by atoms with Crippen molar-refractivity contribution in [2.75, 3.05) is 0 Å². The third-order valence-electron chi connectivity index (χ3n) is 5.18. The number of fused-ring (bicyclic) bond motifs is 1. The summed E-state index contributed by atoms with van der Waals surface area (Å²) in [7, 11) is 0. The van der Waals surface area contributed by atoms with E-state index < -0.39 is 12.0 Å². The Hall–Kier alpha value is -2.64. The fourth-order valence-corrected chi connectivity index (χ4v) is 3.81. The molecule has 2 N–H and O–H groups in total. The third kappa shape index (κ3) is 2.69. The number of hydrogen-bond donors (Lipinski definition) is 1. The number of halogens is 3. The number of rotatable bonds is 1. The van der Waals surface area contributed by atoms with Gasteiger partial charge in [0.2, 0.25) is 5.82 Å². The van der Waals surface area contributed by atoms with E-state index in [2.05, 4.69) is 15.0 Å². The molecule has 136 valence electrons. The van der Waals surface area contributed by atoms with Crippen LogP contribution in [0.2, 0.25) is 0 Å². The lowest BCUT2D eigenvalue weighted by molar-refractivity contribution is -0.144. The number of amidine groups is 1. The molecular formula is C18H17F3N4O. The van der Waals surface area contributed by atoms with E-state index in [1.165, 1.54) is 12.4 Å². The van der Waals surface area contributed by atoms with Crippen LogP contribution in [-0.2, 0) is 23.8 Å². The normalized spacial score (nSPS) is 24.9. The summed E-state index contributed by atoms with van der Waals surface area (Å²) in [5, 5.41) is 0. The number of ether oxygens (including phenoxy) is 1. The van der Waals surface area contributed by atoms with Gasteiger partial charge in [0.15, 0.2) is 0 Å². The number of alkyl halides is 3. The van der Waals surface area contributed by atoms with Crippen LogP contribution in [-0.4, -0.2) is 27.6 Å². The van der Waals surface area contributed by atoms with Crippen LogP contribution in [0.5, 0.6) is 0 Å². The Morgan fingerprint density at radius 3 is 2.58 bits per heavy atom. The van der Waals surface area contributed by atoms with Crippen LogP contribution in [0.4, 0.5) is 13.2 Å². The fourth-order valence-electron chi connectivity index (χ4n) is 3.81. The molecule has 1 aromatic carbocycles. The van der Waals surface area contributed by atoms with Crippen molar-refractivity contribution in [3.05, 3.63) is 47.5 Å². The third-order valence-corrected chi connectivity index (χ3v) is 5.18. The van der Waals surface area contributed by atoms with Gasteiger partial charge in [-0.25, -0.2) is 15.0 Å². The van der Waals surface area contributed by atoms with Crippen molar-refractivity contribution in [3.63, 3.8) is 0 Å². The van der Waals surface area contributed by atoms with Crippen LogP contribution >= 0.6 is 0 Å². The molecule has 0 amide bonds. The zero-order valence-electron chi connectivity index (χ0n) is 14.0. The molecule has 0 saturated heterocycles. The van der Waals surface area contributed by atoms with Crippen LogP contribution in [0, 0.1) is 0 Å². The van der Waals surface area contributed by atoms with Gasteiger partial charge < -0.3 is 10.5 Å². The van der Waals surface area contributed by atoms with E-state index in [0.29, 0.717) is 12.0 Å². The predicted molar refractivity (Wildman–Crippen MR) is 89.4 cm³/mol. The van der Waals surface area contributed by atoms with Gasteiger partial charge >= 0.3 is 6.18 Å². The second-order valence-electron chi connectivity index (χ2n) is 6.73. The first kappa shape index (κ1) is 16.8. The van der Waals surface area contributed by atoms with Crippen LogP contribution in [0.15, 0.2) is 35.6 Å². The molecule has 1 aliphatic heterocycles. The van der Waals surface area contributed by atoms with Crippen molar-refractivity contribution < 1.29 is 17.9 Å². The summed E-state index contributed by atoms with van der Waals surface area (Å²) in [6.45, 7) is 1.96. The number of benzene rings is 1. The molecule has 8 heteroatoms. The van der Waals surface area contributed by atoms with Crippen molar-refractivity contribution in [1.82, 2.24) is 9.97 Å². The van der Waals surface area contributed by atoms with Crippen LogP contribution in [0.25, 0.3) is 11.1 Å². The highest BCUT2D eigenvalue weighted by Crippen LogP contribution is 2.41. The molecule has 5 nitrogen and oxygen atoms in total. The summed E-state index contributed by atoms with van der Waals surface area (Å²) in [4.78, 5) is 11.5. The van der Waals surface area contributed by atoms with Crippen LogP contribution in [0.1, 0.15) is 30.3 Å². The van der Waals surface area contributed by atoms with Crippen molar-refractivity contribution in [2.45, 2.75) is 44.0 Å². The molecule has 2 aliphatic rings. The molecule has 1 aromatic heterocycles. The Labute approximate surface area is 148 Å². The summed E-state index contributed by atoms with van der Waals surface area (Å²) in [6, 6.07) is 6.00. The number of aliphatic imine (C=N–C) groups is 1. The van der Waals surface area contributed by atoms with Gasteiger partial charge in [0.1, 0.15) is 11.6 Å². The molecule has 0 unspecified atom stereocenters. The second-order valence-corrected chi connectivity index (χ2v) is 6.73. The number of aromatic nitrogens is 2. The Morgan fingerprint density at radius 1 is 1.23 bits per heavy atom. The summed E-state index contributed by atoms with van der Waals surface area (Å²) >= 11 is 0. The van der Waals surface area contributed by atoms with E-state index in [4.69, 9.17) is 10.5 Å². The van der Waals surface area contributed by atoms with Crippen LogP contribution in [0.3, 0.4) is 0 Å². The smallest absolute Gasteiger partial charge is 0.451 e. The number of nitrogens with zero attached hydrogens (tertiary/aromatic N) is 3. The Balaban J connectivity index is 1.70. The zero-order chi connectivity index (χ0) is 18.5. The van der Waals surface area contributed by atoms with E-state index in [0.717, 1.165) is 29.5 Å². The van der Waals surface area contributed by atoms with E-state index in [9.17, 15) is 13.2 Å². The second kappa shape index (κ2) is 5.69. The molecule has 2 aromatic rings. The van der Waals surface area contributed by atoms with Gasteiger partial charge in [-0.05, 0) is 36.5 Å². The molecule has 2 heterocycles. The van der Waals surface area contributed by atoms with E-state index in [1.54, 1.807) is 0 Å². The van der Waals surface area contributed by atoms with Crippen LogP contribution < -0.4 is 5.73 Å². The van der Waals surface area contributed by atoms with E-state index in [1.807, 2.05) is 25.1 Å².